The van der Waals surface area contributed by atoms with E-state index >= 15 is 0 Å². The second-order valence-corrected chi connectivity index (χ2v) is 3.96. The van der Waals surface area contributed by atoms with Crippen LogP contribution in [-0.2, 0) is 0 Å². The molecule has 17 heavy (non-hydrogen) atoms. The van der Waals surface area contributed by atoms with Crippen molar-refractivity contribution >= 4 is 23.8 Å². The summed E-state index contributed by atoms with van der Waals surface area (Å²) in [7, 11) is 0. The minimum Gasteiger partial charge on any atom is -0.192 e. The number of nitrogens with zero attached hydrogens (tertiary/aromatic N) is 1. The van der Waals surface area contributed by atoms with Gasteiger partial charge in [-0.25, -0.2) is 0 Å². The average Bonchev–Trinajstić information content (AvgIpc) is 2.38. The van der Waals surface area contributed by atoms with Gasteiger partial charge < -0.3 is 0 Å². The van der Waals surface area contributed by atoms with E-state index in [1.165, 1.54) is 0 Å². The van der Waals surface area contributed by atoms with Gasteiger partial charge in [0.1, 0.15) is 0 Å². The molecular formula is C15H10ClN. The first kappa shape index (κ1) is 11.4. The molecule has 0 unspecified atom stereocenters. The van der Waals surface area contributed by atoms with E-state index in [0.29, 0.717) is 10.6 Å². The molecule has 0 aliphatic carbocycles. The van der Waals surface area contributed by atoms with Crippen molar-refractivity contribution in [1.82, 2.24) is 0 Å². The van der Waals surface area contributed by atoms with Crippen molar-refractivity contribution in [3.8, 4) is 6.07 Å². The van der Waals surface area contributed by atoms with Crippen LogP contribution in [0, 0.1) is 11.3 Å². The molecule has 0 amide bonds. The molecule has 0 N–H and O–H groups in total. The lowest BCUT2D eigenvalue weighted by atomic mass is 10.1. The Hall–Kier alpha value is -2.04. The fourth-order valence-electron chi connectivity index (χ4n) is 1.53. The van der Waals surface area contributed by atoms with Crippen LogP contribution in [0.15, 0.2) is 48.5 Å². The molecule has 0 radical (unpaired) electrons. The molecule has 0 heterocycles. The summed E-state index contributed by atoms with van der Waals surface area (Å²) in [5, 5.41) is 9.67. The average molecular weight is 240 g/mol. The summed E-state index contributed by atoms with van der Waals surface area (Å²) >= 11 is 6.05. The zero-order chi connectivity index (χ0) is 12.1. The minimum atomic E-state index is 0.663. The summed E-state index contributed by atoms with van der Waals surface area (Å²) in [6.07, 6.45) is 3.82. The van der Waals surface area contributed by atoms with Crippen LogP contribution in [-0.4, -0.2) is 0 Å². The number of rotatable bonds is 2. The van der Waals surface area contributed by atoms with E-state index in [-0.39, 0.29) is 0 Å². The van der Waals surface area contributed by atoms with E-state index in [9.17, 15) is 0 Å². The molecule has 0 bridgehead atoms. The second-order valence-electron chi connectivity index (χ2n) is 3.55. The molecule has 0 aromatic heterocycles. The maximum absolute atomic E-state index is 8.96. The molecule has 2 rings (SSSR count). The van der Waals surface area contributed by atoms with Gasteiger partial charge in [-0.15, -0.1) is 0 Å². The first-order chi connectivity index (χ1) is 8.31. The summed E-state index contributed by atoms with van der Waals surface area (Å²) < 4.78 is 0. The van der Waals surface area contributed by atoms with E-state index in [1.807, 2.05) is 54.6 Å². The van der Waals surface area contributed by atoms with Crippen molar-refractivity contribution in [3.05, 3.63) is 70.2 Å². The Kier molecular flexibility index (Phi) is 3.59. The Morgan fingerprint density at radius 3 is 2.18 bits per heavy atom. The predicted molar refractivity (Wildman–Crippen MR) is 71.5 cm³/mol. The highest BCUT2D eigenvalue weighted by molar-refractivity contribution is 6.32. The Labute approximate surface area is 106 Å². The van der Waals surface area contributed by atoms with Crippen LogP contribution < -0.4 is 0 Å². The zero-order valence-corrected chi connectivity index (χ0v) is 9.85. The van der Waals surface area contributed by atoms with E-state index < -0.39 is 0 Å². The monoisotopic (exact) mass is 239 g/mol. The van der Waals surface area contributed by atoms with Crippen LogP contribution in [0.4, 0.5) is 0 Å². The SMILES string of the molecule is N#Cc1ccccc1C=Cc1ccccc1Cl. The van der Waals surface area contributed by atoms with Gasteiger partial charge in [0.15, 0.2) is 0 Å². The van der Waals surface area contributed by atoms with Crippen molar-refractivity contribution in [1.29, 1.82) is 5.26 Å². The van der Waals surface area contributed by atoms with E-state index in [1.54, 1.807) is 6.07 Å². The van der Waals surface area contributed by atoms with Gasteiger partial charge in [0, 0.05) is 5.02 Å². The highest BCUT2D eigenvalue weighted by Crippen LogP contribution is 2.18. The van der Waals surface area contributed by atoms with Crippen molar-refractivity contribution in [2.24, 2.45) is 0 Å². The summed E-state index contributed by atoms with van der Waals surface area (Å²) in [4.78, 5) is 0. The molecule has 0 fully saturated rings. The zero-order valence-electron chi connectivity index (χ0n) is 9.10. The summed E-state index contributed by atoms with van der Waals surface area (Å²) in [5.41, 5.74) is 2.51. The molecular weight excluding hydrogens is 230 g/mol. The van der Waals surface area contributed by atoms with E-state index in [4.69, 9.17) is 16.9 Å². The van der Waals surface area contributed by atoms with Crippen LogP contribution in [0.3, 0.4) is 0 Å². The first-order valence-corrected chi connectivity index (χ1v) is 5.61. The normalized spacial score (nSPS) is 10.4. The van der Waals surface area contributed by atoms with Gasteiger partial charge in [-0.3, -0.25) is 0 Å². The van der Waals surface area contributed by atoms with E-state index in [2.05, 4.69) is 6.07 Å². The van der Waals surface area contributed by atoms with Crippen LogP contribution in [0.5, 0.6) is 0 Å². The van der Waals surface area contributed by atoms with Gasteiger partial charge in [-0.1, -0.05) is 60.2 Å². The molecule has 0 saturated heterocycles. The molecule has 2 aromatic rings. The molecule has 0 atom stereocenters. The van der Waals surface area contributed by atoms with Gasteiger partial charge in [-0.05, 0) is 23.3 Å². The topological polar surface area (TPSA) is 23.8 Å². The molecule has 82 valence electrons. The lowest BCUT2D eigenvalue weighted by Gasteiger charge is -1.98. The molecule has 0 aliphatic heterocycles. The Morgan fingerprint density at radius 1 is 0.882 bits per heavy atom. The molecule has 1 nitrogen and oxygen atoms in total. The van der Waals surface area contributed by atoms with Crippen molar-refractivity contribution < 1.29 is 0 Å². The second kappa shape index (κ2) is 5.34. The quantitative estimate of drug-likeness (QED) is 0.714. The largest absolute Gasteiger partial charge is 0.192 e. The lowest BCUT2D eigenvalue weighted by Crippen LogP contribution is -1.80. The van der Waals surface area contributed by atoms with Crippen LogP contribution in [0.2, 0.25) is 5.02 Å². The van der Waals surface area contributed by atoms with E-state index in [0.717, 1.165) is 11.1 Å². The molecule has 2 heteroatoms. The van der Waals surface area contributed by atoms with Gasteiger partial charge in [-0.2, -0.15) is 5.26 Å². The van der Waals surface area contributed by atoms with Gasteiger partial charge in [0.2, 0.25) is 0 Å². The van der Waals surface area contributed by atoms with Crippen molar-refractivity contribution in [2.75, 3.05) is 0 Å². The maximum atomic E-state index is 8.96. The fraction of sp³-hybridized carbons (Fsp3) is 0. The summed E-state index contributed by atoms with van der Waals surface area (Å²) in [6, 6.07) is 17.2. The highest BCUT2D eigenvalue weighted by Gasteiger charge is 1.97. The number of nitriles is 1. The fourth-order valence-corrected chi connectivity index (χ4v) is 1.73. The number of hydrogen-bond acceptors (Lipinski definition) is 1. The number of hydrogen-bond donors (Lipinski definition) is 0. The summed E-state index contributed by atoms with van der Waals surface area (Å²) in [5.74, 6) is 0. The standard InChI is InChI=1S/C15H10ClN/c16-15-8-4-3-6-13(15)10-9-12-5-1-2-7-14(12)11-17/h1-10H. The van der Waals surface area contributed by atoms with Crippen LogP contribution in [0.25, 0.3) is 12.2 Å². The Balaban J connectivity index is 2.33. The third kappa shape index (κ3) is 2.75. The summed E-state index contributed by atoms with van der Waals surface area (Å²) in [6.45, 7) is 0. The Bertz CT molecular complexity index is 594. The first-order valence-electron chi connectivity index (χ1n) is 5.23. The van der Waals surface area contributed by atoms with Crippen LogP contribution >= 0.6 is 11.6 Å². The minimum absolute atomic E-state index is 0.663. The van der Waals surface area contributed by atoms with Crippen LogP contribution in [0.1, 0.15) is 16.7 Å². The van der Waals surface area contributed by atoms with Gasteiger partial charge in [0.05, 0.1) is 11.6 Å². The maximum Gasteiger partial charge on any atom is 0.0997 e. The smallest absolute Gasteiger partial charge is 0.0997 e. The molecule has 0 spiro atoms. The molecule has 2 aromatic carbocycles. The third-order valence-electron chi connectivity index (χ3n) is 2.43. The highest BCUT2D eigenvalue weighted by atomic mass is 35.5. The number of benzene rings is 2. The lowest BCUT2D eigenvalue weighted by molar-refractivity contribution is 1.47. The number of halogens is 1. The predicted octanol–water partition coefficient (Wildman–Crippen LogP) is 4.38. The van der Waals surface area contributed by atoms with Crippen molar-refractivity contribution in [2.45, 2.75) is 0 Å². The molecule has 0 saturated carbocycles. The third-order valence-corrected chi connectivity index (χ3v) is 2.77. The van der Waals surface area contributed by atoms with Crippen molar-refractivity contribution in [3.63, 3.8) is 0 Å². The van der Waals surface area contributed by atoms with Gasteiger partial charge >= 0.3 is 0 Å². The van der Waals surface area contributed by atoms with Gasteiger partial charge in [0.25, 0.3) is 0 Å². The molecule has 0 aliphatic rings. The Morgan fingerprint density at radius 2 is 1.47 bits per heavy atom.